The van der Waals surface area contributed by atoms with Crippen LogP contribution in [0.25, 0.3) is 5.69 Å². The minimum atomic E-state index is 0.213. The van der Waals surface area contributed by atoms with Crippen LogP contribution in [0, 0.1) is 18.8 Å². The van der Waals surface area contributed by atoms with E-state index in [1.165, 1.54) is 5.56 Å². The summed E-state index contributed by atoms with van der Waals surface area (Å²) in [5.74, 6) is 2.01. The van der Waals surface area contributed by atoms with Gasteiger partial charge in [0, 0.05) is 31.6 Å². The molecule has 3 heterocycles. The zero-order chi connectivity index (χ0) is 20.7. The predicted octanol–water partition coefficient (Wildman–Crippen LogP) is 2.27. The third-order valence-corrected chi connectivity index (χ3v) is 6.55. The Morgan fingerprint density at radius 2 is 1.80 bits per heavy atom. The van der Waals surface area contributed by atoms with Gasteiger partial charge in [0.05, 0.1) is 12.1 Å². The summed E-state index contributed by atoms with van der Waals surface area (Å²) in [6, 6.07) is 19.0. The summed E-state index contributed by atoms with van der Waals surface area (Å²) in [6.45, 7) is 4.62. The van der Waals surface area contributed by atoms with Crippen LogP contribution in [0.4, 0.5) is 0 Å². The topological polar surface area (TPSA) is 67.2 Å². The molecule has 2 aromatic carbocycles. The lowest BCUT2D eigenvalue weighted by Gasteiger charge is -2.27. The van der Waals surface area contributed by atoms with Crippen LogP contribution < -0.4 is 0 Å². The fourth-order valence-corrected chi connectivity index (χ4v) is 5.12. The van der Waals surface area contributed by atoms with E-state index in [9.17, 15) is 4.79 Å². The maximum absolute atomic E-state index is 13.0. The molecule has 0 radical (unpaired) electrons. The Hall–Kier alpha value is -3.06. The van der Waals surface area contributed by atoms with Gasteiger partial charge in [-0.3, -0.25) is 9.69 Å². The van der Waals surface area contributed by atoms with Crippen molar-refractivity contribution >= 4 is 5.91 Å². The zero-order valence-corrected chi connectivity index (χ0v) is 17.3. The van der Waals surface area contributed by atoms with Crippen LogP contribution in [-0.4, -0.2) is 62.6 Å². The molecule has 0 spiro atoms. The molecule has 2 aliphatic rings. The van der Waals surface area contributed by atoms with Crippen molar-refractivity contribution in [2.45, 2.75) is 19.4 Å². The molecule has 0 aliphatic carbocycles. The second-order valence-corrected chi connectivity index (χ2v) is 8.50. The lowest BCUT2D eigenvalue weighted by atomic mass is 9.90. The van der Waals surface area contributed by atoms with Crippen molar-refractivity contribution < 1.29 is 4.79 Å². The first-order chi connectivity index (χ1) is 14.6. The number of hydrogen-bond donors (Lipinski definition) is 0. The number of hydrogen-bond acceptors (Lipinski definition) is 5. The van der Waals surface area contributed by atoms with E-state index in [-0.39, 0.29) is 5.91 Å². The van der Waals surface area contributed by atoms with Crippen molar-refractivity contribution in [3.63, 3.8) is 0 Å². The lowest BCUT2D eigenvalue weighted by Crippen LogP contribution is -2.34. The quantitative estimate of drug-likeness (QED) is 0.670. The van der Waals surface area contributed by atoms with Crippen molar-refractivity contribution in [3.8, 4) is 5.69 Å². The smallest absolute Gasteiger partial charge is 0.227 e. The fraction of sp³-hybridized carbons (Fsp3) is 0.391. The Morgan fingerprint density at radius 3 is 2.50 bits per heavy atom. The summed E-state index contributed by atoms with van der Waals surface area (Å²) in [5, 5.41) is 11.6. The van der Waals surface area contributed by atoms with Crippen LogP contribution in [0.1, 0.15) is 23.0 Å². The van der Waals surface area contributed by atoms with Gasteiger partial charge in [0.15, 0.2) is 5.82 Å². The number of tetrazole rings is 1. The second-order valence-electron chi connectivity index (χ2n) is 8.50. The van der Waals surface area contributed by atoms with E-state index < -0.39 is 0 Å². The van der Waals surface area contributed by atoms with Gasteiger partial charge in [0.25, 0.3) is 0 Å². The Kier molecular flexibility index (Phi) is 4.83. The van der Waals surface area contributed by atoms with E-state index in [1.807, 2.05) is 31.2 Å². The second kappa shape index (κ2) is 7.65. The van der Waals surface area contributed by atoms with Gasteiger partial charge in [-0.05, 0) is 53.6 Å². The summed E-state index contributed by atoms with van der Waals surface area (Å²) in [6.07, 6.45) is 0.431. The molecule has 5 rings (SSSR count). The molecule has 7 nitrogen and oxygen atoms in total. The van der Waals surface area contributed by atoms with Gasteiger partial charge < -0.3 is 4.90 Å². The number of aromatic nitrogens is 4. The molecule has 2 fully saturated rings. The number of fused-ring (bicyclic) bond motifs is 1. The maximum atomic E-state index is 13.0. The first-order valence-corrected chi connectivity index (χ1v) is 10.5. The normalized spacial score (nSPS) is 23.7. The van der Waals surface area contributed by atoms with Gasteiger partial charge in [0.1, 0.15) is 0 Å². The number of likely N-dealkylation sites (tertiary alicyclic amines) is 2. The van der Waals surface area contributed by atoms with Gasteiger partial charge in [-0.15, -0.1) is 5.10 Å². The number of aryl methyl sites for hydroxylation is 1. The van der Waals surface area contributed by atoms with E-state index in [0.29, 0.717) is 24.3 Å². The van der Waals surface area contributed by atoms with Gasteiger partial charge >= 0.3 is 0 Å². The number of rotatable bonds is 4. The molecule has 0 N–H and O–H groups in total. The molecule has 1 amide bonds. The minimum Gasteiger partial charge on any atom is -0.342 e. The molecule has 2 saturated heterocycles. The number of amides is 1. The highest BCUT2D eigenvalue weighted by Crippen LogP contribution is 2.44. The van der Waals surface area contributed by atoms with E-state index in [2.05, 4.69) is 62.7 Å². The summed E-state index contributed by atoms with van der Waals surface area (Å²) in [7, 11) is 2.20. The van der Waals surface area contributed by atoms with Gasteiger partial charge in [-0.2, -0.15) is 4.68 Å². The molecule has 30 heavy (non-hydrogen) atoms. The standard InChI is InChI=1S/C23H26N6O/c1-16-24-25-26-29(16)20-10-8-17(9-11-20)12-22(30)28-14-19-13-27(2)23(21(19)15-28)18-6-4-3-5-7-18/h3-11,19,21,23H,12-15H2,1-2H3/t19-,21+,23-/m0/s1. The molecule has 0 unspecified atom stereocenters. The minimum absolute atomic E-state index is 0.213. The SMILES string of the molecule is Cc1nnnn1-c1ccc(CC(=O)N2C[C@@H]3CN(C)[C@@H](c4ccccc4)[C@@H]3C2)cc1. The monoisotopic (exact) mass is 402 g/mol. The number of nitrogens with zero attached hydrogens (tertiary/aromatic N) is 6. The molecule has 3 aromatic rings. The highest BCUT2D eigenvalue weighted by atomic mass is 16.2. The molecule has 1 aromatic heterocycles. The molecular formula is C23H26N6O. The molecular weight excluding hydrogens is 376 g/mol. The van der Waals surface area contributed by atoms with Crippen LogP contribution in [0.3, 0.4) is 0 Å². The van der Waals surface area contributed by atoms with Crippen molar-refractivity contribution in [1.29, 1.82) is 0 Å². The van der Waals surface area contributed by atoms with Crippen molar-refractivity contribution in [3.05, 3.63) is 71.5 Å². The van der Waals surface area contributed by atoms with Gasteiger partial charge in [-0.1, -0.05) is 42.5 Å². The summed E-state index contributed by atoms with van der Waals surface area (Å²) < 4.78 is 1.69. The Morgan fingerprint density at radius 1 is 1.03 bits per heavy atom. The van der Waals surface area contributed by atoms with E-state index in [0.717, 1.165) is 36.7 Å². The molecule has 154 valence electrons. The molecule has 0 saturated carbocycles. The summed E-state index contributed by atoms with van der Waals surface area (Å²) >= 11 is 0. The molecule has 2 aliphatic heterocycles. The Bertz CT molecular complexity index is 1030. The average Bonchev–Trinajstić information content (AvgIpc) is 3.43. The van der Waals surface area contributed by atoms with Gasteiger partial charge in [-0.25, -0.2) is 0 Å². The van der Waals surface area contributed by atoms with E-state index >= 15 is 0 Å². The van der Waals surface area contributed by atoms with Crippen LogP contribution in [0.2, 0.25) is 0 Å². The zero-order valence-electron chi connectivity index (χ0n) is 17.3. The highest BCUT2D eigenvalue weighted by Gasteiger charge is 2.47. The van der Waals surface area contributed by atoms with Crippen LogP contribution >= 0.6 is 0 Å². The predicted molar refractivity (Wildman–Crippen MR) is 113 cm³/mol. The Labute approximate surface area is 176 Å². The molecule has 7 heteroatoms. The highest BCUT2D eigenvalue weighted by molar-refractivity contribution is 5.79. The van der Waals surface area contributed by atoms with E-state index in [4.69, 9.17) is 0 Å². The van der Waals surface area contributed by atoms with Crippen molar-refractivity contribution in [2.24, 2.45) is 11.8 Å². The van der Waals surface area contributed by atoms with Crippen molar-refractivity contribution in [2.75, 3.05) is 26.7 Å². The first-order valence-electron chi connectivity index (χ1n) is 10.5. The summed E-state index contributed by atoms with van der Waals surface area (Å²) in [5.41, 5.74) is 3.27. The van der Waals surface area contributed by atoms with Gasteiger partial charge in [0.2, 0.25) is 5.91 Å². The third kappa shape index (κ3) is 3.39. The van der Waals surface area contributed by atoms with E-state index in [1.54, 1.807) is 4.68 Å². The van der Waals surface area contributed by atoms with Crippen molar-refractivity contribution in [1.82, 2.24) is 30.0 Å². The number of carbonyl (C=O) groups is 1. The fourth-order valence-electron chi connectivity index (χ4n) is 5.12. The molecule has 0 bridgehead atoms. The maximum Gasteiger partial charge on any atom is 0.227 e. The largest absolute Gasteiger partial charge is 0.342 e. The average molecular weight is 403 g/mol. The first kappa shape index (κ1) is 18.9. The number of carbonyl (C=O) groups excluding carboxylic acids is 1. The lowest BCUT2D eigenvalue weighted by molar-refractivity contribution is -0.129. The number of benzene rings is 2. The van der Waals surface area contributed by atoms with Crippen LogP contribution in [-0.2, 0) is 11.2 Å². The third-order valence-electron chi connectivity index (χ3n) is 6.55. The molecule has 3 atom stereocenters. The van der Waals surface area contributed by atoms with Crippen LogP contribution in [0.5, 0.6) is 0 Å². The summed E-state index contributed by atoms with van der Waals surface area (Å²) in [4.78, 5) is 17.5. The van der Waals surface area contributed by atoms with Crippen LogP contribution in [0.15, 0.2) is 54.6 Å². The Balaban J connectivity index is 1.25.